The van der Waals surface area contributed by atoms with Crippen molar-refractivity contribution in [2.75, 3.05) is 35.0 Å². The lowest BCUT2D eigenvalue weighted by atomic mass is 10.1. The van der Waals surface area contributed by atoms with Crippen LogP contribution >= 0.6 is 0 Å². The molecule has 0 radical (unpaired) electrons. The standard InChI is InChI=1S/C20H24N2O6/c1-25-16-11-15(12-17(26-2)19(16)28-4)20(24)22(10-7-18(23)27-3)13-14-5-8-21-9-6-14/h5-6,8-9,11-12H,7,10,13H2,1-4H3. The molecule has 8 heteroatoms. The minimum Gasteiger partial charge on any atom is -0.493 e. The summed E-state index contributed by atoms with van der Waals surface area (Å²) in [7, 11) is 5.78. The van der Waals surface area contributed by atoms with Gasteiger partial charge in [0.25, 0.3) is 5.91 Å². The first-order chi connectivity index (χ1) is 13.5. The van der Waals surface area contributed by atoms with Gasteiger partial charge in [-0.2, -0.15) is 0 Å². The zero-order chi connectivity index (χ0) is 20.5. The second-order valence-corrected chi connectivity index (χ2v) is 5.82. The number of benzene rings is 1. The third kappa shape index (κ3) is 5.12. The van der Waals surface area contributed by atoms with E-state index in [-0.39, 0.29) is 18.9 Å². The Bertz CT molecular complexity index is 785. The van der Waals surface area contributed by atoms with Gasteiger partial charge in [-0.05, 0) is 29.8 Å². The summed E-state index contributed by atoms with van der Waals surface area (Å²) in [4.78, 5) is 30.3. The number of hydrogen-bond acceptors (Lipinski definition) is 7. The number of carbonyl (C=O) groups is 2. The Labute approximate surface area is 164 Å². The summed E-state index contributed by atoms with van der Waals surface area (Å²) in [6.07, 6.45) is 3.38. The fraction of sp³-hybridized carbons (Fsp3) is 0.350. The molecule has 0 aliphatic heterocycles. The quantitative estimate of drug-likeness (QED) is 0.609. The van der Waals surface area contributed by atoms with Crippen LogP contribution in [0.3, 0.4) is 0 Å². The van der Waals surface area contributed by atoms with E-state index >= 15 is 0 Å². The van der Waals surface area contributed by atoms with Crippen molar-refractivity contribution in [3.8, 4) is 17.2 Å². The number of amides is 1. The minimum absolute atomic E-state index is 0.0811. The molecular weight excluding hydrogens is 364 g/mol. The highest BCUT2D eigenvalue weighted by Crippen LogP contribution is 2.38. The van der Waals surface area contributed by atoms with Gasteiger partial charge in [0.1, 0.15) is 0 Å². The smallest absolute Gasteiger partial charge is 0.307 e. The summed E-state index contributed by atoms with van der Waals surface area (Å²) in [6.45, 7) is 0.513. The maximum absolute atomic E-state index is 13.2. The Kier molecular flexibility index (Phi) is 7.62. The number of rotatable bonds is 9. The zero-order valence-corrected chi connectivity index (χ0v) is 16.4. The summed E-state index contributed by atoms with van der Waals surface area (Å²) < 4.78 is 20.6. The van der Waals surface area contributed by atoms with Gasteiger partial charge in [0.05, 0.1) is 34.9 Å². The average Bonchev–Trinajstić information content (AvgIpc) is 2.75. The molecular formula is C20H24N2O6. The van der Waals surface area contributed by atoms with E-state index < -0.39 is 5.97 Å². The van der Waals surface area contributed by atoms with Crippen molar-refractivity contribution in [1.82, 2.24) is 9.88 Å². The number of carbonyl (C=O) groups excluding carboxylic acids is 2. The van der Waals surface area contributed by atoms with Gasteiger partial charge in [-0.15, -0.1) is 0 Å². The van der Waals surface area contributed by atoms with Crippen LogP contribution in [0.5, 0.6) is 17.2 Å². The molecule has 0 bridgehead atoms. The summed E-state index contributed by atoms with van der Waals surface area (Å²) in [5, 5.41) is 0. The molecule has 0 aliphatic carbocycles. The first-order valence-electron chi connectivity index (χ1n) is 8.59. The Balaban J connectivity index is 2.35. The molecule has 0 spiro atoms. The van der Waals surface area contributed by atoms with Crippen LogP contribution in [0.15, 0.2) is 36.7 Å². The van der Waals surface area contributed by atoms with E-state index in [1.54, 1.807) is 29.4 Å². The van der Waals surface area contributed by atoms with Gasteiger partial charge in [0.15, 0.2) is 11.5 Å². The molecule has 1 heterocycles. The molecule has 1 aromatic heterocycles. The van der Waals surface area contributed by atoms with Crippen molar-refractivity contribution >= 4 is 11.9 Å². The molecule has 0 N–H and O–H groups in total. The van der Waals surface area contributed by atoms with Crippen molar-refractivity contribution in [2.24, 2.45) is 0 Å². The number of methoxy groups -OCH3 is 4. The largest absolute Gasteiger partial charge is 0.493 e. The van der Waals surface area contributed by atoms with Crippen LogP contribution in [0, 0.1) is 0 Å². The van der Waals surface area contributed by atoms with Crippen LogP contribution < -0.4 is 14.2 Å². The van der Waals surface area contributed by atoms with Crippen molar-refractivity contribution in [3.63, 3.8) is 0 Å². The lowest BCUT2D eigenvalue weighted by Crippen LogP contribution is -2.33. The van der Waals surface area contributed by atoms with E-state index in [2.05, 4.69) is 4.98 Å². The van der Waals surface area contributed by atoms with Crippen LogP contribution in [-0.2, 0) is 16.1 Å². The summed E-state index contributed by atoms with van der Waals surface area (Å²) in [5.41, 5.74) is 1.24. The molecule has 1 amide bonds. The van der Waals surface area contributed by atoms with E-state index in [9.17, 15) is 9.59 Å². The highest BCUT2D eigenvalue weighted by Gasteiger charge is 2.22. The highest BCUT2D eigenvalue weighted by atomic mass is 16.5. The molecule has 1 aromatic carbocycles. The number of esters is 1. The predicted octanol–water partition coefficient (Wildman–Crippen LogP) is 2.31. The van der Waals surface area contributed by atoms with Crippen molar-refractivity contribution in [1.29, 1.82) is 0 Å². The second-order valence-electron chi connectivity index (χ2n) is 5.82. The Hall–Kier alpha value is -3.29. The minimum atomic E-state index is -0.391. The second kappa shape index (κ2) is 10.1. The molecule has 0 fully saturated rings. The molecule has 28 heavy (non-hydrogen) atoms. The average molecular weight is 388 g/mol. The normalized spacial score (nSPS) is 10.1. The van der Waals surface area contributed by atoms with Crippen LogP contribution in [0.25, 0.3) is 0 Å². The third-order valence-electron chi connectivity index (χ3n) is 4.14. The van der Waals surface area contributed by atoms with Crippen LogP contribution in [0.1, 0.15) is 22.3 Å². The number of aromatic nitrogens is 1. The van der Waals surface area contributed by atoms with E-state index in [1.807, 2.05) is 12.1 Å². The Morgan fingerprint density at radius 2 is 1.57 bits per heavy atom. The maximum atomic E-state index is 13.2. The van der Waals surface area contributed by atoms with Gasteiger partial charge >= 0.3 is 5.97 Å². The van der Waals surface area contributed by atoms with Gasteiger partial charge < -0.3 is 23.8 Å². The van der Waals surface area contributed by atoms with Gasteiger partial charge in [-0.1, -0.05) is 0 Å². The summed E-state index contributed by atoms with van der Waals surface area (Å²) in [6, 6.07) is 6.80. The molecule has 0 unspecified atom stereocenters. The lowest BCUT2D eigenvalue weighted by Gasteiger charge is -2.23. The van der Waals surface area contributed by atoms with Crippen LogP contribution in [-0.4, -0.2) is 56.7 Å². The number of hydrogen-bond donors (Lipinski definition) is 0. The van der Waals surface area contributed by atoms with E-state index in [4.69, 9.17) is 18.9 Å². The Morgan fingerprint density at radius 3 is 2.07 bits per heavy atom. The van der Waals surface area contributed by atoms with Crippen LogP contribution in [0.2, 0.25) is 0 Å². The van der Waals surface area contributed by atoms with Crippen LogP contribution in [0.4, 0.5) is 0 Å². The van der Waals surface area contributed by atoms with E-state index in [0.717, 1.165) is 5.56 Å². The number of pyridine rings is 1. The molecule has 0 saturated heterocycles. The number of nitrogens with zero attached hydrogens (tertiary/aromatic N) is 2. The van der Waals surface area contributed by atoms with Crippen molar-refractivity contribution in [2.45, 2.75) is 13.0 Å². The predicted molar refractivity (Wildman–Crippen MR) is 102 cm³/mol. The first-order valence-corrected chi connectivity index (χ1v) is 8.59. The summed E-state index contributed by atoms with van der Waals surface area (Å²) >= 11 is 0. The van der Waals surface area contributed by atoms with Gasteiger partial charge in [0.2, 0.25) is 5.75 Å². The summed E-state index contributed by atoms with van der Waals surface area (Å²) in [5.74, 6) is 0.484. The molecule has 8 nitrogen and oxygen atoms in total. The Morgan fingerprint density at radius 1 is 0.964 bits per heavy atom. The van der Waals surface area contributed by atoms with Gasteiger partial charge in [-0.3, -0.25) is 14.6 Å². The lowest BCUT2D eigenvalue weighted by molar-refractivity contribution is -0.140. The third-order valence-corrected chi connectivity index (χ3v) is 4.14. The SMILES string of the molecule is COC(=O)CCN(Cc1ccncc1)C(=O)c1cc(OC)c(OC)c(OC)c1. The van der Waals surface area contributed by atoms with Crippen molar-refractivity contribution < 1.29 is 28.5 Å². The first kappa shape index (κ1) is 21.0. The molecule has 2 rings (SSSR count). The van der Waals surface area contributed by atoms with Gasteiger partial charge in [0, 0.05) is 31.0 Å². The fourth-order valence-corrected chi connectivity index (χ4v) is 2.68. The number of ether oxygens (including phenoxy) is 4. The van der Waals surface area contributed by atoms with E-state index in [1.165, 1.54) is 28.4 Å². The fourth-order valence-electron chi connectivity index (χ4n) is 2.68. The zero-order valence-electron chi connectivity index (χ0n) is 16.4. The molecule has 0 saturated carbocycles. The van der Waals surface area contributed by atoms with E-state index in [0.29, 0.717) is 29.4 Å². The highest BCUT2D eigenvalue weighted by molar-refractivity contribution is 5.95. The molecule has 0 aliphatic rings. The maximum Gasteiger partial charge on any atom is 0.307 e. The van der Waals surface area contributed by atoms with Crippen molar-refractivity contribution in [3.05, 3.63) is 47.8 Å². The monoisotopic (exact) mass is 388 g/mol. The molecule has 2 aromatic rings. The van der Waals surface area contributed by atoms with Gasteiger partial charge in [-0.25, -0.2) is 0 Å². The topological polar surface area (TPSA) is 87.2 Å². The molecule has 0 atom stereocenters. The molecule has 150 valence electrons.